The van der Waals surface area contributed by atoms with Crippen LogP contribution in [0.15, 0.2) is 0 Å². The Morgan fingerprint density at radius 3 is 2.41 bits per heavy atom. The van der Waals surface area contributed by atoms with Gasteiger partial charge in [-0.1, -0.05) is 13.3 Å². The van der Waals surface area contributed by atoms with Gasteiger partial charge in [0.1, 0.15) is 0 Å². The van der Waals surface area contributed by atoms with Crippen LogP contribution in [-0.4, -0.2) is 37.5 Å². The van der Waals surface area contributed by atoms with Gasteiger partial charge in [-0.15, -0.1) is 0 Å². The van der Waals surface area contributed by atoms with E-state index in [0.717, 1.165) is 19.4 Å². The molecule has 0 aliphatic carbocycles. The highest BCUT2D eigenvalue weighted by atomic mass is 16.2. The van der Waals surface area contributed by atoms with E-state index in [1.165, 1.54) is 0 Å². The molecule has 17 heavy (non-hydrogen) atoms. The van der Waals surface area contributed by atoms with Gasteiger partial charge in [-0.3, -0.25) is 9.59 Å². The maximum Gasteiger partial charge on any atom is 0.233 e. The van der Waals surface area contributed by atoms with Crippen molar-refractivity contribution in [3.63, 3.8) is 0 Å². The van der Waals surface area contributed by atoms with Crippen molar-refractivity contribution in [2.45, 2.75) is 46.1 Å². The van der Waals surface area contributed by atoms with E-state index in [1.807, 2.05) is 13.8 Å². The fraction of sp³-hybridized carbons (Fsp3) is 0.833. The van der Waals surface area contributed by atoms with Crippen molar-refractivity contribution in [2.24, 2.45) is 0 Å². The van der Waals surface area contributed by atoms with Gasteiger partial charge in [0, 0.05) is 25.6 Å². The van der Waals surface area contributed by atoms with Gasteiger partial charge in [0.05, 0.1) is 6.54 Å². The first-order chi connectivity index (χ1) is 8.06. The van der Waals surface area contributed by atoms with Crippen LogP contribution in [0.2, 0.25) is 0 Å². The van der Waals surface area contributed by atoms with E-state index in [4.69, 9.17) is 0 Å². The zero-order valence-electron chi connectivity index (χ0n) is 11.1. The van der Waals surface area contributed by atoms with Crippen LogP contribution in [0.25, 0.3) is 0 Å². The average molecular weight is 243 g/mol. The summed E-state index contributed by atoms with van der Waals surface area (Å²) in [6.07, 6.45) is 2.48. The predicted octanol–water partition coefficient (Wildman–Crippen LogP) is 0.407. The molecule has 0 saturated carbocycles. The van der Waals surface area contributed by atoms with E-state index in [9.17, 15) is 9.59 Å². The summed E-state index contributed by atoms with van der Waals surface area (Å²) in [7, 11) is 0. The van der Waals surface area contributed by atoms with Crippen molar-refractivity contribution >= 4 is 11.8 Å². The molecule has 0 heterocycles. The van der Waals surface area contributed by atoms with Crippen molar-refractivity contribution in [3.05, 3.63) is 0 Å². The van der Waals surface area contributed by atoms with Crippen LogP contribution in [0.5, 0.6) is 0 Å². The predicted molar refractivity (Wildman–Crippen MR) is 68.7 cm³/mol. The van der Waals surface area contributed by atoms with E-state index in [0.29, 0.717) is 13.0 Å². The van der Waals surface area contributed by atoms with Crippen molar-refractivity contribution < 1.29 is 9.59 Å². The van der Waals surface area contributed by atoms with E-state index in [1.54, 1.807) is 0 Å². The Balaban J connectivity index is 3.38. The number of carbonyl (C=O) groups is 2. The zero-order valence-corrected chi connectivity index (χ0v) is 11.1. The molecule has 0 aromatic carbocycles. The second kappa shape index (κ2) is 10.1. The molecule has 0 aromatic heterocycles. The molecule has 0 aliphatic heterocycles. The molecular weight excluding hydrogens is 218 g/mol. The molecule has 0 aromatic rings. The molecule has 0 unspecified atom stereocenters. The summed E-state index contributed by atoms with van der Waals surface area (Å²) in [6, 6.07) is 0.167. The molecule has 0 saturated heterocycles. The van der Waals surface area contributed by atoms with Gasteiger partial charge in [0.15, 0.2) is 0 Å². The first-order valence-electron chi connectivity index (χ1n) is 6.33. The molecule has 0 spiro atoms. The molecule has 0 aliphatic rings. The summed E-state index contributed by atoms with van der Waals surface area (Å²) in [5.41, 5.74) is 0. The highest BCUT2D eigenvalue weighted by molar-refractivity contribution is 5.78. The first kappa shape index (κ1) is 15.9. The Labute approximate surface area is 104 Å². The average Bonchev–Trinajstić information content (AvgIpc) is 2.24. The van der Waals surface area contributed by atoms with E-state index < -0.39 is 0 Å². The normalized spacial score (nSPS) is 10.4. The number of hydrogen-bond acceptors (Lipinski definition) is 3. The van der Waals surface area contributed by atoms with Crippen LogP contribution in [0.3, 0.4) is 0 Å². The van der Waals surface area contributed by atoms with Crippen LogP contribution in [-0.2, 0) is 9.59 Å². The SMILES string of the molecule is CCCCNC(=O)CNCCC(=O)NC(C)C. The molecule has 0 atom stereocenters. The second-order valence-corrected chi connectivity index (χ2v) is 4.35. The number of hydrogen-bond donors (Lipinski definition) is 3. The number of amides is 2. The molecular formula is C12H25N3O2. The third-order valence-corrected chi connectivity index (χ3v) is 2.12. The van der Waals surface area contributed by atoms with Crippen molar-refractivity contribution in [2.75, 3.05) is 19.6 Å². The summed E-state index contributed by atoms with van der Waals surface area (Å²) in [6.45, 7) is 7.46. The minimum atomic E-state index is -0.0114. The van der Waals surface area contributed by atoms with Gasteiger partial charge in [-0.05, 0) is 20.3 Å². The summed E-state index contributed by atoms with van der Waals surface area (Å²) in [4.78, 5) is 22.5. The topological polar surface area (TPSA) is 70.2 Å². The fourth-order valence-corrected chi connectivity index (χ4v) is 1.27. The standard InChI is InChI=1S/C12H25N3O2/c1-4-5-7-14-12(17)9-13-8-6-11(16)15-10(2)3/h10,13H,4-9H2,1-3H3,(H,14,17)(H,15,16). The van der Waals surface area contributed by atoms with Gasteiger partial charge in [-0.25, -0.2) is 0 Å². The van der Waals surface area contributed by atoms with Crippen LogP contribution in [0, 0.1) is 0 Å². The Kier molecular flexibility index (Phi) is 9.43. The Hall–Kier alpha value is -1.10. The lowest BCUT2D eigenvalue weighted by molar-refractivity contribution is -0.122. The highest BCUT2D eigenvalue weighted by Gasteiger charge is 2.03. The van der Waals surface area contributed by atoms with Gasteiger partial charge < -0.3 is 16.0 Å². The van der Waals surface area contributed by atoms with Crippen molar-refractivity contribution in [1.82, 2.24) is 16.0 Å². The van der Waals surface area contributed by atoms with Crippen LogP contribution in [0.4, 0.5) is 0 Å². The number of rotatable bonds is 9. The van der Waals surface area contributed by atoms with E-state index in [2.05, 4.69) is 22.9 Å². The summed E-state index contributed by atoms with van der Waals surface area (Å²) >= 11 is 0. The number of unbranched alkanes of at least 4 members (excludes halogenated alkanes) is 1. The Bertz CT molecular complexity index is 230. The lowest BCUT2D eigenvalue weighted by Gasteiger charge is -2.09. The second-order valence-electron chi connectivity index (χ2n) is 4.35. The number of nitrogens with one attached hydrogen (secondary N) is 3. The van der Waals surface area contributed by atoms with E-state index in [-0.39, 0.29) is 24.4 Å². The minimum absolute atomic E-state index is 0.0114. The number of carbonyl (C=O) groups excluding carboxylic acids is 2. The Morgan fingerprint density at radius 1 is 1.12 bits per heavy atom. The maximum absolute atomic E-state index is 11.3. The smallest absolute Gasteiger partial charge is 0.233 e. The fourth-order valence-electron chi connectivity index (χ4n) is 1.27. The highest BCUT2D eigenvalue weighted by Crippen LogP contribution is 1.83. The van der Waals surface area contributed by atoms with Gasteiger partial charge >= 0.3 is 0 Å². The van der Waals surface area contributed by atoms with Gasteiger partial charge in [0.25, 0.3) is 0 Å². The largest absolute Gasteiger partial charge is 0.355 e. The molecule has 3 N–H and O–H groups in total. The molecule has 100 valence electrons. The van der Waals surface area contributed by atoms with Crippen LogP contribution in [0.1, 0.15) is 40.0 Å². The lowest BCUT2D eigenvalue weighted by Crippen LogP contribution is -2.37. The molecule has 2 amide bonds. The summed E-state index contributed by atoms with van der Waals surface area (Å²) in [5.74, 6) is 0.00149. The molecule has 0 rings (SSSR count). The molecule has 5 nitrogen and oxygen atoms in total. The summed E-state index contributed by atoms with van der Waals surface area (Å²) in [5, 5.41) is 8.54. The van der Waals surface area contributed by atoms with Gasteiger partial charge in [0.2, 0.25) is 11.8 Å². The van der Waals surface area contributed by atoms with Gasteiger partial charge in [-0.2, -0.15) is 0 Å². The van der Waals surface area contributed by atoms with Crippen molar-refractivity contribution in [1.29, 1.82) is 0 Å². The minimum Gasteiger partial charge on any atom is -0.355 e. The third-order valence-electron chi connectivity index (χ3n) is 2.12. The quantitative estimate of drug-likeness (QED) is 0.514. The lowest BCUT2D eigenvalue weighted by atomic mass is 10.3. The van der Waals surface area contributed by atoms with Crippen LogP contribution < -0.4 is 16.0 Å². The monoisotopic (exact) mass is 243 g/mol. The molecule has 0 fully saturated rings. The van der Waals surface area contributed by atoms with E-state index >= 15 is 0 Å². The molecule has 5 heteroatoms. The Morgan fingerprint density at radius 2 is 1.82 bits per heavy atom. The maximum atomic E-state index is 11.3. The van der Waals surface area contributed by atoms with Crippen LogP contribution >= 0.6 is 0 Å². The zero-order chi connectivity index (χ0) is 13.1. The first-order valence-corrected chi connectivity index (χ1v) is 6.33. The third kappa shape index (κ3) is 11.2. The van der Waals surface area contributed by atoms with Crippen molar-refractivity contribution in [3.8, 4) is 0 Å². The summed E-state index contributed by atoms with van der Waals surface area (Å²) < 4.78 is 0. The molecule has 0 radical (unpaired) electrons. The molecule has 0 bridgehead atoms.